The van der Waals surface area contributed by atoms with Crippen LogP contribution in [-0.4, -0.2) is 29.6 Å². The fourth-order valence-corrected chi connectivity index (χ4v) is 3.64. The Hall–Kier alpha value is -1.16. The topological polar surface area (TPSA) is 63.6 Å². The lowest BCUT2D eigenvalue weighted by Gasteiger charge is -2.32. The number of aliphatic hydroxyl groups is 1. The van der Waals surface area contributed by atoms with Crippen LogP contribution in [0.2, 0.25) is 0 Å². The average molecular weight is 353 g/mol. The van der Waals surface area contributed by atoms with Crippen LogP contribution in [0.25, 0.3) is 0 Å². The van der Waals surface area contributed by atoms with Crippen LogP contribution >= 0.6 is 0 Å². The van der Waals surface area contributed by atoms with Crippen LogP contribution in [0.5, 0.6) is 0 Å². The van der Waals surface area contributed by atoms with Crippen LogP contribution in [0.1, 0.15) is 79.6 Å². The lowest BCUT2D eigenvalue weighted by atomic mass is 9.74. The van der Waals surface area contributed by atoms with E-state index < -0.39 is 17.5 Å². The average Bonchev–Trinajstić information content (AvgIpc) is 2.55. The van der Waals surface area contributed by atoms with Crippen LogP contribution in [-0.2, 0) is 14.3 Å². The second kappa shape index (κ2) is 10.1. The van der Waals surface area contributed by atoms with Crippen molar-refractivity contribution < 1.29 is 19.4 Å². The number of aliphatic hydroxyl groups excluding tert-OH is 1. The van der Waals surface area contributed by atoms with Crippen molar-refractivity contribution in [3.63, 3.8) is 0 Å². The molecule has 0 aliphatic carbocycles. The van der Waals surface area contributed by atoms with Crippen molar-refractivity contribution in [2.45, 2.75) is 85.7 Å². The smallest absolute Gasteiger partial charge is 0.308 e. The van der Waals surface area contributed by atoms with Crippen LogP contribution in [0, 0.1) is 17.3 Å². The molecule has 1 heterocycles. The molecule has 3 atom stereocenters. The first-order valence-electron chi connectivity index (χ1n) is 9.74. The summed E-state index contributed by atoms with van der Waals surface area (Å²) in [6.45, 7) is 10.1. The molecule has 4 heteroatoms. The van der Waals surface area contributed by atoms with Crippen molar-refractivity contribution in [3.8, 4) is 0 Å². The van der Waals surface area contributed by atoms with E-state index in [1.54, 1.807) is 13.8 Å². The molecular formula is C21H36O4. The zero-order valence-corrected chi connectivity index (χ0v) is 16.6. The molecule has 0 bridgehead atoms. The first kappa shape index (κ1) is 21.9. The minimum Gasteiger partial charge on any atom is -0.465 e. The molecule has 1 aliphatic rings. The summed E-state index contributed by atoms with van der Waals surface area (Å²) in [4.78, 5) is 24.8. The van der Waals surface area contributed by atoms with E-state index in [1.807, 2.05) is 6.92 Å². The molecule has 25 heavy (non-hydrogen) atoms. The predicted molar refractivity (Wildman–Crippen MR) is 100 cm³/mol. The maximum atomic E-state index is 12.8. The number of allylic oxidation sites excluding steroid dienone is 1. The van der Waals surface area contributed by atoms with Crippen molar-refractivity contribution in [3.05, 3.63) is 11.6 Å². The van der Waals surface area contributed by atoms with Crippen molar-refractivity contribution in [2.24, 2.45) is 17.3 Å². The molecule has 0 amide bonds. The summed E-state index contributed by atoms with van der Waals surface area (Å²) < 4.78 is 5.22. The highest BCUT2D eigenvalue weighted by atomic mass is 16.5. The number of Topliss-reactive ketones (excluding diaryl/α,β-unsaturated/α-hetero) is 1. The summed E-state index contributed by atoms with van der Waals surface area (Å²) in [6.07, 6.45) is 6.87. The molecule has 0 saturated carbocycles. The molecule has 1 rings (SSSR count). The summed E-state index contributed by atoms with van der Waals surface area (Å²) >= 11 is 0. The molecule has 0 aromatic carbocycles. The third-order valence-electron chi connectivity index (χ3n) is 5.49. The summed E-state index contributed by atoms with van der Waals surface area (Å²) in [7, 11) is 0. The lowest BCUT2D eigenvalue weighted by Crippen LogP contribution is -2.42. The minimum atomic E-state index is -1.01. The van der Waals surface area contributed by atoms with Crippen LogP contribution < -0.4 is 0 Å². The van der Waals surface area contributed by atoms with Gasteiger partial charge in [0.25, 0.3) is 0 Å². The van der Waals surface area contributed by atoms with Crippen LogP contribution in [0.15, 0.2) is 11.6 Å². The number of hydrogen-bond donors (Lipinski definition) is 1. The van der Waals surface area contributed by atoms with E-state index in [-0.39, 0.29) is 18.1 Å². The van der Waals surface area contributed by atoms with Crippen molar-refractivity contribution in [1.82, 2.24) is 0 Å². The molecule has 0 aromatic heterocycles. The molecule has 144 valence electrons. The van der Waals surface area contributed by atoms with Crippen LogP contribution in [0.4, 0.5) is 0 Å². The van der Waals surface area contributed by atoms with E-state index in [1.165, 1.54) is 5.57 Å². The molecule has 0 radical (unpaired) electrons. The lowest BCUT2D eigenvalue weighted by molar-refractivity contribution is -0.150. The first-order chi connectivity index (χ1) is 11.7. The zero-order valence-electron chi connectivity index (χ0n) is 16.6. The summed E-state index contributed by atoms with van der Waals surface area (Å²) in [5, 5.41) is 10.4. The normalized spacial score (nSPS) is 32.6. The Morgan fingerprint density at radius 1 is 1.28 bits per heavy atom. The third-order valence-corrected chi connectivity index (χ3v) is 5.49. The maximum Gasteiger partial charge on any atom is 0.308 e. The molecule has 0 aromatic rings. The number of esters is 1. The highest BCUT2D eigenvalue weighted by Gasteiger charge is 2.39. The number of ether oxygens (including phenoxy) is 1. The number of rotatable bonds is 1. The first-order valence-corrected chi connectivity index (χ1v) is 9.74. The van der Waals surface area contributed by atoms with Gasteiger partial charge in [0, 0.05) is 5.92 Å². The predicted octanol–water partition coefficient (Wildman–Crippen LogP) is 4.45. The van der Waals surface area contributed by atoms with Crippen molar-refractivity contribution in [1.29, 1.82) is 0 Å². The Morgan fingerprint density at radius 2 is 1.96 bits per heavy atom. The highest BCUT2D eigenvalue weighted by molar-refractivity contribution is 5.87. The number of ketones is 1. The van der Waals surface area contributed by atoms with Crippen molar-refractivity contribution >= 4 is 11.8 Å². The highest BCUT2D eigenvalue weighted by Crippen LogP contribution is 2.31. The Balaban J connectivity index is 2.88. The van der Waals surface area contributed by atoms with Gasteiger partial charge in [-0.3, -0.25) is 9.59 Å². The van der Waals surface area contributed by atoms with E-state index in [0.29, 0.717) is 18.9 Å². The van der Waals surface area contributed by atoms with Gasteiger partial charge in [-0.05, 0) is 38.0 Å². The van der Waals surface area contributed by atoms with Gasteiger partial charge in [-0.15, -0.1) is 0 Å². The van der Waals surface area contributed by atoms with E-state index in [0.717, 1.165) is 32.1 Å². The minimum absolute atomic E-state index is 0.0286. The molecule has 1 aliphatic heterocycles. The van der Waals surface area contributed by atoms with Gasteiger partial charge in [0.1, 0.15) is 5.78 Å². The van der Waals surface area contributed by atoms with Gasteiger partial charge < -0.3 is 9.84 Å². The summed E-state index contributed by atoms with van der Waals surface area (Å²) in [5.74, 6) is -0.0542. The molecule has 0 spiro atoms. The monoisotopic (exact) mass is 352 g/mol. The summed E-state index contributed by atoms with van der Waals surface area (Å²) in [5.41, 5.74) is 0.463. The molecule has 0 fully saturated rings. The van der Waals surface area contributed by atoms with E-state index in [2.05, 4.69) is 19.9 Å². The quantitative estimate of drug-likeness (QED) is 0.559. The second-order valence-corrected chi connectivity index (χ2v) is 8.17. The maximum absolute atomic E-state index is 12.8. The van der Waals surface area contributed by atoms with E-state index in [9.17, 15) is 14.7 Å². The Labute approximate surface area is 153 Å². The van der Waals surface area contributed by atoms with Gasteiger partial charge in [-0.25, -0.2) is 0 Å². The van der Waals surface area contributed by atoms with Gasteiger partial charge in [-0.1, -0.05) is 52.7 Å². The van der Waals surface area contributed by atoms with Crippen molar-refractivity contribution in [2.75, 3.05) is 6.61 Å². The van der Waals surface area contributed by atoms with Gasteiger partial charge in [0.15, 0.2) is 0 Å². The molecule has 3 unspecified atom stereocenters. The summed E-state index contributed by atoms with van der Waals surface area (Å²) in [6, 6.07) is 0. The van der Waals surface area contributed by atoms with Gasteiger partial charge in [-0.2, -0.15) is 0 Å². The van der Waals surface area contributed by atoms with Gasteiger partial charge in [0.2, 0.25) is 0 Å². The van der Waals surface area contributed by atoms with Gasteiger partial charge in [0.05, 0.1) is 24.5 Å². The largest absolute Gasteiger partial charge is 0.465 e. The van der Waals surface area contributed by atoms with Gasteiger partial charge >= 0.3 is 5.97 Å². The van der Waals surface area contributed by atoms with Crippen LogP contribution in [0.3, 0.4) is 0 Å². The van der Waals surface area contributed by atoms with E-state index in [4.69, 9.17) is 4.74 Å². The molecule has 1 N–H and O–H groups in total. The number of cyclic esters (lactones) is 1. The third kappa shape index (κ3) is 6.93. The van der Waals surface area contributed by atoms with E-state index >= 15 is 0 Å². The number of carbonyl (C=O) groups is 2. The Morgan fingerprint density at radius 3 is 2.60 bits per heavy atom. The zero-order chi connectivity index (χ0) is 19.0. The number of carbonyl (C=O) groups excluding carboxylic acids is 2. The second-order valence-electron chi connectivity index (χ2n) is 8.17. The number of hydrogen-bond acceptors (Lipinski definition) is 4. The standard InChI is InChI=1S/C21H36O4/c1-6-17-10-7-9-15(2)13-16(3)20(24)21(4,5)18(22)14-19(23)25-12-8-11-17/h11,15-16,18,22H,6-10,12-14H2,1-5H3/b17-11-. The Bertz CT molecular complexity index is 478. The Kier molecular flexibility index (Phi) is 8.84. The molecule has 4 nitrogen and oxygen atoms in total. The fraction of sp³-hybridized carbons (Fsp3) is 0.810. The SMILES string of the molecule is CC/C1=C/CCOC(=O)CC(O)C(C)(C)C(=O)C(C)CC(C)CCC1. The molecular weight excluding hydrogens is 316 g/mol. The fourth-order valence-electron chi connectivity index (χ4n) is 3.64. The molecule has 0 saturated heterocycles.